The van der Waals surface area contributed by atoms with Gasteiger partial charge in [0.1, 0.15) is 5.75 Å². The van der Waals surface area contributed by atoms with Gasteiger partial charge in [0.15, 0.2) is 11.5 Å². The summed E-state index contributed by atoms with van der Waals surface area (Å²) < 4.78 is 22.4. The predicted octanol–water partition coefficient (Wildman–Crippen LogP) is 4.26. The Morgan fingerprint density at radius 1 is 0.909 bits per heavy atom. The van der Waals surface area contributed by atoms with Crippen molar-refractivity contribution in [3.8, 4) is 28.7 Å². The topological polar surface area (TPSA) is 36.9 Å². The second-order valence-electron chi connectivity index (χ2n) is 4.99. The molecule has 5 heteroatoms. The third-order valence-electron chi connectivity index (χ3n) is 3.76. The molecule has 0 saturated carbocycles. The summed E-state index contributed by atoms with van der Waals surface area (Å²) >= 11 is 6.07. The van der Waals surface area contributed by atoms with Crippen LogP contribution in [0.3, 0.4) is 0 Å². The molecule has 1 aliphatic heterocycles. The van der Waals surface area contributed by atoms with Crippen molar-refractivity contribution in [1.82, 2.24) is 0 Å². The van der Waals surface area contributed by atoms with Gasteiger partial charge in [0.05, 0.1) is 21.3 Å². The van der Waals surface area contributed by atoms with E-state index < -0.39 is 0 Å². The maximum absolute atomic E-state index is 6.10. The van der Waals surface area contributed by atoms with Crippen LogP contribution in [0.5, 0.6) is 28.7 Å². The second-order valence-corrected chi connectivity index (χ2v) is 5.42. The first-order valence-electron chi connectivity index (χ1n) is 6.96. The lowest BCUT2D eigenvalue weighted by Crippen LogP contribution is -2.00. The Morgan fingerprint density at radius 3 is 2.32 bits per heavy atom. The first-order valence-corrected chi connectivity index (χ1v) is 7.33. The smallest absolute Gasteiger partial charge is 0.208 e. The number of methoxy groups -OCH3 is 3. The zero-order valence-corrected chi connectivity index (χ0v) is 13.5. The lowest BCUT2D eigenvalue weighted by molar-refractivity contribution is 0.312. The van der Waals surface area contributed by atoms with Crippen molar-refractivity contribution in [2.24, 2.45) is 0 Å². The molecule has 0 saturated heterocycles. The zero-order chi connectivity index (χ0) is 15.7. The number of fused-ring (bicyclic) bond motifs is 2. The van der Waals surface area contributed by atoms with Gasteiger partial charge in [-0.2, -0.15) is 0 Å². The molecule has 22 heavy (non-hydrogen) atoms. The van der Waals surface area contributed by atoms with Crippen LogP contribution in [0.1, 0.15) is 11.1 Å². The average molecular weight is 321 g/mol. The van der Waals surface area contributed by atoms with E-state index >= 15 is 0 Å². The molecule has 0 radical (unpaired) electrons. The van der Waals surface area contributed by atoms with Crippen molar-refractivity contribution < 1.29 is 18.9 Å². The lowest BCUT2D eigenvalue weighted by Gasteiger charge is -2.18. The Bertz CT molecular complexity index is 712. The van der Waals surface area contributed by atoms with Gasteiger partial charge in [-0.1, -0.05) is 11.6 Å². The predicted molar refractivity (Wildman–Crippen MR) is 85.0 cm³/mol. The SMILES string of the molecule is COc1cc2c(c(OC)c1OC)Oc1ccc(Cl)cc1CC2. The molecule has 2 aromatic rings. The number of aryl methyl sites for hydroxylation is 2. The summed E-state index contributed by atoms with van der Waals surface area (Å²) in [6.07, 6.45) is 1.64. The molecule has 0 aromatic heterocycles. The van der Waals surface area contributed by atoms with Crippen LogP contribution < -0.4 is 18.9 Å². The van der Waals surface area contributed by atoms with E-state index in [-0.39, 0.29) is 0 Å². The highest BCUT2D eigenvalue weighted by Crippen LogP contribution is 2.50. The highest BCUT2D eigenvalue weighted by Gasteiger charge is 2.25. The van der Waals surface area contributed by atoms with E-state index in [4.69, 9.17) is 30.5 Å². The Kier molecular flexibility index (Phi) is 4.03. The Labute approximate surface area is 134 Å². The van der Waals surface area contributed by atoms with E-state index in [1.807, 2.05) is 24.3 Å². The molecule has 116 valence electrons. The maximum atomic E-state index is 6.10. The number of ether oxygens (including phenoxy) is 4. The van der Waals surface area contributed by atoms with Gasteiger partial charge in [-0.05, 0) is 42.7 Å². The van der Waals surface area contributed by atoms with E-state index in [0.717, 1.165) is 29.7 Å². The number of halogens is 1. The zero-order valence-electron chi connectivity index (χ0n) is 12.7. The molecule has 1 heterocycles. The summed E-state index contributed by atoms with van der Waals surface area (Å²) in [7, 11) is 4.78. The number of hydrogen-bond acceptors (Lipinski definition) is 4. The third kappa shape index (κ3) is 2.44. The minimum atomic E-state index is 0.529. The van der Waals surface area contributed by atoms with Crippen molar-refractivity contribution in [2.45, 2.75) is 12.8 Å². The Hall–Kier alpha value is -2.07. The van der Waals surface area contributed by atoms with Crippen molar-refractivity contribution in [3.05, 3.63) is 40.4 Å². The monoisotopic (exact) mass is 320 g/mol. The maximum Gasteiger partial charge on any atom is 0.208 e. The fourth-order valence-electron chi connectivity index (χ4n) is 2.70. The molecule has 0 amide bonds. The van der Waals surface area contributed by atoms with Crippen molar-refractivity contribution in [3.63, 3.8) is 0 Å². The fourth-order valence-corrected chi connectivity index (χ4v) is 2.90. The summed E-state index contributed by atoms with van der Waals surface area (Å²) in [6.45, 7) is 0. The van der Waals surface area contributed by atoms with Gasteiger partial charge in [0.25, 0.3) is 0 Å². The molecular weight excluding hydrogens is 304 g/mol. The van der Waals surface area contributed by atoms with E-state index in [0.29, 0.717) is 28.0 Å². The van der Waals surface area contributed by atoms with Gasteiger partial charge in [0.2, 0.25) is 11.5 Å². The van der Waals surface area contributed by atoms with Gasteiger partial charge < -0.3 is 18.9 Å². The van der Waals surface area contributed by atoms with Gasteiger partial charge >= 0.3 is 0 Å². The summed E-state index contributed by atoms with van der Waals surface area (Å²) in [4.78, 5) is 0. The molecule has 0 unspecified atom stereocenters. The summed E-state index contributed by atoms with van der Waals surface area (Å²) in [5.74, 6) is 3.15. The number of benzene rings is 2. The average Bonchev–Trinajstić information content (AvgIpc) is 2.71. The van der Waals surface area contributed by atoms with Crippen LogP contribution in [-0.4, -0.2) is 21.3 Å². The van der Waals surface area contributed by atoms with Crippen LogP contribution in [0.2, 0.25) is 5.02 Å². The second kappa shape index (κ2) is 5.97. The molecule has 0 aliphatic carbocycles. The highest BCUT2D eigenvalue weighted by molar-refractivity contribution is 6.30. The lowest BCUT2D eigenvalue weighted by atomic mass is 10.0. The molecule has 2 aromatic carbocycles. The molecule has 1 aliphatic rings. The first kappa shape index (κ1) is 14.9. The Balaban J connectivity index is 2.17. The van der Waals surface area contributed by atoms with Crippen molar-refractivity contribution in [1.29, 1.82) is 0 Å². The summed E-state index contributed by atoms with van der Waals surface area (Å²) in [5, 5.41) is 0.704. The highest BCUT2D eigenvalue weighted by atomic mass is 35.5. The van der Waals surface area contributed by atoms with Crippen LogP contribution in [0.4, 0.5) is 0 Å². The van der Waals surface area contributed by atoms with E-state index in [2.05, 4.69) is 0 Å². The van der Waals surface area contributed by atoms with Crippen LogP contribution in [0.15, 0.2) is 24.3 Å². The number of hydrogen-bond donors (Lipinski definition) is 0. The van der Waals surface area contributed by atoms with Crippen LogP contribution >= 0.6 is 11.6 Å². The first-order chi connectivity index (χ1) is 10.7. The molecule has 3 rings (SSSR count). The quantitative estimate of drug-likeness (QED) is 0.847. The fraction of sp³-hybridized carbons (Fsp3) is 0.294. The largest absolute Gasteiger partial charge is 0.493 e. The molecule has 0 N–H and O–H groups in total. The molecular formula is C17H17ClO4. The van der Waals surface area contributed by atoms with Gasteiger partial charge in [0, 0.05) is 10.6 Å². The normalized spacial score (nSPS) is 12.5. The van der Waals surface area contributed by atoms with Gasteiger partial charge in [-0.25, -0.2) is 0 Å². The van der Waals surface area contributed by atoms with E-state index in [1.165, 1.54) is 0 Å². The summed E-state index contributed by atoms with van der Waals surface area (Å²) in [5.41, 5.74) is 2.09. The van der Waals surface area contributed by atoms with Crippen LogP contribution in [0, 0.1) is 0 Å². The number of rotatable bonds is 3. The van der Waals surface area contributed by atoms with E-state index in [9.17, 15) is 0 Å². The summed E-state index contributed by atoms with van der Waals surface area (Å²) in [6, 6.07) is 7.56. The molecule has 0 spiro atoms. The van der Waals surface area contributed by atoms with Gasteiger partial charge in [-0.3, -0.25) is 0 Å². The van der Waals surface area contributed by atoms with E-state index in [1.54, 1.807) is 21.3 Å². The van der Waals surface area contributed by atoms with Crippen LogP contribution in [0.25, 0.3) is 0 Å². The molecule has 0 bridgehead atoms. The Morgan fingerprint density at radius 2 is 1.64 bits per heavy atom. The van der Waals surface area contributed by atoms with Gasteiger partial charge in [-0.15, -0.1) is 0 Å². The molecule has 0 fully saturated rings. The van der Waals surface area contributed by atoms with Crippen molar-refractivity contribution >= 4 is 11.6 Å². The van der Waals surface area contributed by atoms with Crippen LogP contribution in [-0.2, 0) is 12.8 Å². The minimum Gasteiger partial charge on any atom is -0.493 e. The van der Waals surface area contributed by atoms with Crippen molar-refractivity contribution in [2.75, 3.05) is 21.3 Å². The third-order valence-corrected chi connectivity index (χ3v) is 3.99. The standard InChI is InChI=1S/C17H17ClO4/c1-19-14-9-11-5-4-10-8-12(18)6-7-13(10)22-15(11)17(21-3)16(14)20-2/h6-9H,4-5H2,1-3H3. The molecule has 0 atom stereocenters. The minimum absolute atomic E-state index is 0.529. The molecule has 4 nitrogen and oxygen atoms in total.